The molecule has 2 N–H and O–H groups in total. The van der Waals surface area contributed by atoms with E-state index in [0.29, 0.717) is 11.5 Å². The Hall–Kier alpha value is -2.74. The van der Waals surface area contributed by atoms with Crippen molar-refractivity contribution in [2.75, 3.05) is 20.3 Å². The van der Waals surface area contributed by atoms with Gasteiger partial charge in [-0.15, -0.1) is 0 Å². The zero-order valence-electron chi connectivity index (χ0n) is 14.8. The fraction of sp³-hybridized carbons (Fsp3) is 0.316. The molecule has 0 fully saturated rings. The molecule has 5 nitrogen and oxygen atoms in total. The van der Waals surface area contributed by atoms with Gasteiger partial charge in [0.05, 0.1) is 18.8 Å². The lowest BCUT2D eigenvalue weighted by Gasteiger charge is -2.18. The molecule has 2 rings (SSSR count). The smallest absolute Gasteiger partial charge is 0.416 e. The number of hydrogen-bond acceptors (Lipinski definition) is 4. The number of carbonyl (C=O) groups excluding carboxylic acids is 1. The van der Waals surface area contributed by atoms with Crippen LogP contribution >= 0.6 is 0 Å². The van der Waals surface area contributed by atoms with Crippen LogP contribution in [-0.4, -0.2) is 31.3 Å². The SMILES string of the molecule is COc1cc(C)ccc1OCC(=O)NCC(O)c1ccccc1C(F)(F)F. The zero-order valence-corrected chi connectivity index (χ0v) is 14.8. The molecule has 0 radical (unpaired) electrons. The predicted molar refractivity (Wildman–Crippen MR) is 92.6 cm³/mol. The van der Waals surface area contributed by atoms with Crippen molar-refractivity contribution in [3.05, 3.63) is 59.2 Å². The summed E-state index contributed by atoms with van der Waals surface area (Å²) in [5.74, 6) is 0.240. The Morgan fingerprint density at radius 3 is 2.56 bits per heavy atom. The van der Waals surface area contributed by atoms with E-state index in [2.05, 4.69) is 5.32 Å². The van der Waals surface area contributed by atoms with Crippen LogP contribution in [0.4, 0.5) is 13.2 Å². The highest BCUT2D eigenvalue weighted by Crippen LogP contribution is 2.34. The Balaban J connectivity index is 1.93. The monoisotopic (exact) mass is 383 g/mol. The second-order valence-corrected chi connectivity index (χ2v) is 5.85. The Morgan fingerprint density at radius 1 is 1.19 bits per heavy atom. The zero-order chi connectivity index (χ0) is 20.0. The molecule has 0 spiro atoms. The summed E-state index contributed by atoms with van der Waals surface area (Å²) < 4.78 is 49.5. The van der Waals surface area contributed by atoms with Crippen LogP contribution in [0, 0.1) is 6.92 Å². The maximum atomic E-state index is 13.0. The first-order valence-electron chi connectivity index (χ1n) is 8.10. The Morgan fingerprint density at radius 2 is 1.89 bits per heavy atom. The molecule has 2 aromatic rings. The fourth-order valence-electron chi connectivity index (χ4n) is 2.45. The molecule has 0 saturated heterocycles. The van der Waals surface area contributed by atoms with Crippen LogP contribution in [0.2, 0.25) is 0 Å². The van der Waals surface area contributed by atoms with Crippen LogP contribution in [0.5, 0.6) is 11.5 Å². The Kier molecular flexibility index (Phi) is 6.68. The molecule has 0 bridgehead atoms. The predicted octanol–water partition coefficient (Wildman–Crippen LogP) is 3.25. The van der Waals surface area contributed by atoms with Gasteiger partial charge in [-0.25, -0.2) is 0 Å². The maximum Gasteiger partial charge on any atom is 0.416 e. The molecular weight excluding hydrogens is 363 g/mol. The highest BCUT2D eigenvalue weighted by Gasteiger charge is 2.34. The summed E-state index contributed by atoms with van der Waals surface area (Å²) in [6.07, 6.45) is -6.09. The van der Waals surface area contributed by atoms with Crippen molar-refractivity contribution in [1.29, 1.82) is 0 Å². The van der Waals surface area contributed by atoms with E-state index in [1.807, 2.05) is 6.92 Å². The molecule has 0 aromatic heterocycles. The molecule has 1 unspecified atom stereocenters. The number of carbonyl (C=O) groups is 1. The van der Waals surface area contributed by atoms with E-state index < -0.39 is 23.8 Å². The molecular formula is C19H20F3NO4. The van der Waals surface area contributed by atoms with Gasteiger partial charge in [-0.05, 0) is 36.2 Å². The van der Waals surface area contributed by atoms with Crippen molar-refractivity contribution in [1.82, 2.24) is 5.32 Å². The van der Waals surface area contributed by atoms with Gasteiger partial charge in [0.25, 0.3) is 5.91 Å². The van der Waals surface area contributed by atoms with Gasteiger partial charge >= 0.3 is 6.18 Å². The molecule has 0 aliphatic heterocycles. The first-order valence-corrected chi connectivity index (χ1v) is 8.10. The molecule has 146 valence electrons. The van der Waals surface area contributed by atoms with E-state index in [1.54, 1.807) is 18.2 Å². The summed E-state index contributed by atoms with van der Waals surface area (Å²) in [5.41, 5.74) is -0.283. The second-order valence-electron chi connectivity index (χ2n) is 5.85. The number of aryl methyl sites for hydroxylation is 1. The van der Waals surface area contributed by atoms with E-state index in [9.17, 15) is 23.1 Å². The van der Waals surface area contributed by atoms with Crippen LogP contribution in [0.25, 0.3) is 0 Å². The van der Waals surface area contributed by atoms with Gasteiger partial charge in [0.15, 0.2) is 18.1 Å². The van der Waals surface area contributed by atoms with E-state index >= 15 is 0 Å². The number of aliphatic hydroxyl groups is 1. The van der Waals surface area contributed by atoms with Crippen molar-refractivity contribution in [2.24, 2.45) is 0 Å². The van der Waals surface area contributed by atoms with Gasteiger partial charge in [-0.2, -0.15) is 13.2 Å². The maximum absolute atomic E-state index is 13.0. The Labute approximate surface area is 154 Å². The number of ether oxygens (including phenoxy) is 2. The number of halogens is 3. The Bertz CT molecular complexity index is 793. The number of amides is 1. The molecule has 27 heavy (non-hydrogen) atoms. The van der Waals surface area contributed by atoms with Crippen LogP contribution in [0.1, 0.15) is 22.8 Å². The quantitative estimate of drug-likeness (QED) is 0.770. The van der Waals surface area contributed by atoms with Crippen molar-refractivity contribution in [3.8, 4) is 11.5 Å². The lowest BCUT2D eigenvalue weighted by Crippen LogP contribution is -2.33. The molecule has 0 aliphatic rings. The van der Waals surface area contributed by atoms with Gasteiger partial charge < -0.3 is 19.9 Å². The van der Waals surface area contributed by atoms with Gasteiger partial charge in [-0.3, -0.25) is 4.79 Å². The van der Waals surface area contributed by atoms with Gasteiger partial charge in [0.1, 0.15) is 0 Å². The van der Waals surface area contributed by atoms with Crippen molar-refractivity contribution >= 4 is 5.91 Å². The average Bonchev–Trinajstić information content (AvgIpc) is 2.64. The third kappa shape index (κ3) is 5.62. The average molecular weight is 383 g/mol. The highest BCUT2D eigenvalue weighted by atomic mass is 19.4. The number of aliphatic hydroxyl groups excluding tert-OH is 1. The summed E-state index contributed by atoms with van der Waals surface area (Å²) in [5, 5.41) is 12.4. The normalized spacial score (nSPS) is 12.4. The number of methoxy groups -OCH3 is 1. The van der Waals surface area contributed by atoms with Gasteiger partial charge in [0, 0.05) is 6.54 Å². The topological polar surface area (TPSA) is 67.8 Å². The third-order valence-electron chi connectivity index (χ3n) is 3.80. The van der Waals surface area contributed by atoms with Crippen LogP contribution < -0.4 is 14.8 Å². The molecule has 0 aliphatic carbocycles. The minimum absolute atomic E-state index is 0.300. The fourth-order valence-corrected chi connectivity index (χ4v) is 2.45. The number of hydrogen-bond donors (Lipinski definition) is 2. The molecule has 0 heterocycles. The van der Waals surface area contributed by atoms with Crippen LogP contribution in [0.15, 0.2) is 42.5 Å². The summed E-state index contributed by atoms with van der Waals surface area (Å²) >= 11 is 0. The largest absolute Gasteiger partial charge is 0.493 e. The third-order valence-corrected chi connectivity index (χ3v) is 3.80. The lowest BCUT2D eigenvalue weighted by molar-refractivity contribution is -0.139. The van der Waals surface area contributed by atoms with Crippen LogP contribution in [0.3, 0.4) is 0 Å². The van der Waals surface area contributed by atoms with E-state index in [0.717, 1.165) is 11.6 Å². The molecule has 2 aromatic carbocycles. The minimum atomic E-state index is -4.59. The number of nitrogens with one attached hydrogen (secondary N) is 1. The van der Waals surface area contributed by atoms with Crippen molar-refractivity contribution in [3.63, 3.8) is 0 Å². The highest BCUT2D eigenvalue weighted by molar-refractivity contribution is 5.77. The lowest BCUT2D eigenvalue weighted by atomic mass is 10.0. The summed E-state index contributed by atoms with van der Waals surface area (Å²) in [7, 11) is 1.47. The molecule has 1 amide bonds. The van der Waals surface area contributed by atoms with E-state index in [1.165, 1.54) is 25.3 Å². The minimum Gasteiger partial charge on any atom is -0.493 e. The van der Waals surface area contributed by atoms with Gasteiger partial charge in [-0.1, -0.05) is 24.3 Å². The van der Waals surface area contributed by atoms with E-state index in [-0.39, 0.29) is 18.7 Å². The summed E-state index contributed by atoms with van der Waals surface area (Å²) in [6.45, 7) is 1.13. The summed E-state index contributed by atoms with van der Waals surface area (Å²) in [6, 6.07) is 9.86. The summed E-state index contributed by atoms with van der Waals surface area (Å²) in [4.78, 5) is 11.9. The first-order chi connectivity index (χ1) is 12.7. The van der Waals surface area contributed by atoms with Crippen molar-refractivity contribution in [2.45, 2.75) is 19.2 Å². The number of benzene rings is 2. The van der Waals surface area contributed by atoms with Crippen molar-refractivity contribution < 1.29 is 32.5 Å². The number of alkyl halides is 3. The van der Waals surface area contributed by atoms with E-state index in [4.69, 9.17) is 9.47 Å². The molecule has 0 saturated carbocycles. The van der Waals surface area contributed by atoms with Crippen LogP contribution in [-0.2, 0) is 11.0 Å². The standard InChI is InChI=1S/C19H20F3NO4/c1-12-7-8-16(17(9-12)26-2)27-11-18(25)23-10-15(24)13-5-3-4-6-14(13)19(20,21)22/h3-9,15,24H,10-11H2,1-2H3,(H,23,25). The number of rotatable bonds is 7. The second kappa shape index (κ2) is 8.77. The first kappa shape index (κ1) is 20.6. The molecule has 8 heteroatoms. The molecule has 1 atom stereocenters. The van der Waals surface area contributed by atoms with Gasteiger partial charge in [0.2, 0.25) is 0 Å².